The second-order valence-corrected chi connectivity index (χ2v) is 8.07. The summed E-state index contributed by atoms with van der Waals surface area (Å²) in [4.78, 5) is 0. The zero-order chi connectivity index (χ0) is 22.6. The molecule has 0 saturated carbocycles. The third-order valence-corrected chi connectivity index (χ3v) is 5.65. The van der Waals surface area contributed by atoms with Crippen LogP contribution in [0.2, 0.25) is 0 Å². The predicted octanol–water partition coefficient (Wildman–Crippen LogP) is 8.04. The van der Waals surface area contributed by atoms with Crippen LogP contribution in [-0.2, 0) is 45.1 Å². The third-order valence-electron chi connectivity index (χ3n) is 5.65. The van der Waals surface area contributed by atoms with Crippen LogP contribution in [0.15, 0.2) is 121 Å². The smallest absolute Gasteiger partial charge is 0 e. The number of hydrogen-bond donors (Lipinski definition) is 0. The first-order chi connectivity index (χ1) is 16.4. The average molecular weight is 604 g/mol. The van der Waals surface area contributed by atoms with Crippen molar-refractivity contribution >= 4 is 0 Å². The molecule has 4 aromatic rings. The second-order valence-electron chi connectivity index (χ2n) is 8.07. The molecule has 0 saturated heterocycles. The SMILES string of the molecule is [C-]1=CC=CC1.[Hf].[c-]1cccc2c1Cc1ccccc1-2.c1ccc(C[CH-]Cc2ccccc2)cc1. The Kier molecular flexibility index (Phi) is 11.0. The number of allylic oxidation sites excluding steroid dienone is 4. The summed E-state index contributed by atoms with van der Waals surface area (Å²) in [5.41, 5.74) is 8.28. The number of rotatable bonds is 4. The van der Waals surface area contributed by atoms with Crippen molar-refractivity contribution in [1.82, 2.24) is 0 Å². The van der Waals surface area contributed by atoms with Gasteiger partial charge in [-0.3, -0.25) is 6.08 Å². The largest absolute Gasteiger partial charge is 0.320 e. The molecular formula is C33H29Hf-3. The molecule has 0 amide bonds. The van der Waals surface area contributed by atoms with E-state index in [0.717, 1.165) is 25.7 Å². The molecule has 2 aliphatic carbocycles. The fourth-order valence-corrected chi connectivity index (χ4v) is 3.97. The van der Waals surface area contributed by atoms with Crippen LogP contribution in [0.3, 0.4) is 0 Å². The molecule has 0 spiro atoms. The number of benzene rings is 4. The number of fused-ring (bicyclic) bond motifs is 3. The van der Waals surface area contributed by atoms with Gasteiger partial charge in [0.15, 0.2) is 0 Å². The summed E-state index contributed by atoms with van der Waals surface area (Å²) in [6.07, 6.45) is 15.5. The van der Waals surface area contributed by atoms with E-state index >= 15 is 0 Å². The van der Waals surface area contributed by atoms with Crippen LogP contribution in [0, 0.1) is 18.6 Å². The van der Waals surface area contributed by atoms with Crippen LogP contribution >= 0.6 is 0 Å². The van der Waals surface area contributed by atoms with Gasteiger partial charge < -0.3 is 6.42 Å². The minimum Gasteiger partial charge on any atom is -0.320 e. The second kappa shape index (κ2) is 14.5. The summed E-state index contributed by atoms with van der Waals surface area (Å²) in [5, 5.41) is 0. The van der Waals surface area contributed by atoms with E-state index in [-0.39, 0.29) is 25.8 Å². The maximum absolute atomic E-state index is 3.30. The molecule has 34 heavy (non-hydrogen) atoms. The summed E-state index contributed by atoms with van der Waals surface area (Å²) >= 11 is 0. The molecule has 0 bridgehead atoms. The molecule has 0 heterocycles. The van der Waals surface area contributed by atoms with Gasteiger partial charge in [-0.1, -0.05) is 107 Å². The Hall–Kier alpha value is -2.77. The molecule has 0 aliphatic heterocycles. The Labute approximate surface area is 223 Å². The Morgan fingerprint density at radius 1 is 0.676 bits per heavy atom. The van der Waals surface area contributed by atoms with Gasteiger partial charge in [0.1, 0.15) is 0 Å². The molecule has 0 fully saturated rings. The number of hydrogen-bond acceptors (Lipinski definition) is 0. The van der Waals surface area contributed by atoms with Gasteiger partial charge in [-0.25, -0.2) is 12.2 Å². The minimum absolute atomic E-state index is 0. The van der Waals surface area contributed by atoms with E-state index < -0.39 is 0 Å². The standard InChI is InChI=1S/C15H15.C13H9.C5H5.Hf/c1-3-8-14(9-4-1)12-7-13-15-10-5-2-6-11-15;1-3-7-12-10(5-1)9-11-6-2-4-8-13(11)12;1-2-4-5-3-1;/h1-11H,12-13H2;1-5,7-8H,9H2;1-3H,4H2;/q3*-1;. The van der Waals surface area contributed by atoms with Gasteiger partial charge in [0, 0.05) is 25.8 Å². The molecule has 1 heteroatoms. The first-order valence-electron chi connectivity index (χ1n) is 11.6. The zero-order valence-corrected chi connectivity index (χ0v) is 23.0. The van der Waals surface area contributed by atoms with Gasteiger partial charge in [-0.05, 0) is 6.42 Å². The van der Waals surface area contributed by atoms with Crippen LogP contribution in [0.4, 0.5) is 0 Å². The van der Waals surface area contributed by atoms with Gasteiger partial charge in [0.05, 0.1) is 0 Å². The first-order valence-corrected chi connectivity index (χ1v) is 11.6. The molecule has 0 aromatic heterocycles. The molecule has 2 aliphatic rings. The average Bonchev–Trinajstić information content (AvgIpc) is 3.58. The Bertz CT molecular complexity index is 1080. The molecule has 0 nitrogen and oxygen atoms in total. The topological polar surface area (TPSA) is 0 Å². The first kappa shape index (κ1) is 25.8. The van der Waals surface area contributed by atoms with Gasteiger partial charge in [0.25, 0.3) is 0 Å². The Balaban J connectivity index is 0.000000156. The van der Waals surface area contributed by atoms with Crippen LogP contribution in [0.1, 0.15) is 28.7 Å². The van der Waals surface area contributed by atoms with Crippen molar-refractivity contribution in [1.29, 1.82) is 0 Å². The van der Waals surface area contributed by atoms with E-state index in [1.54, 1.807) is 0 Å². The van der Waals surface area contributed by atoms with Crippen molar-refractivity contribution in [2.75, 3.05) is 0 Å². The van der Waals surface area contributed by atoms with Gasteiger partial charge in [-0.2, -0.15) is 48.7 Å². The molecule has 168 valence electrons. The summed E-state index contributed by atoms with van der Waals surface area (Å²) in [7, 11) is 0. The summed E-state index contributed by atoms with van der Waals surface area (Å²) in [6.45, 7) is 0. The van der Waals surface area contributed by atoms with Crippen LogP contribution in [-0.4, -0.2) is 0 Å². The van der Waals surface area contributed by atoms with Crippen LogP contribution in [0.5, 0.6) is 0 Å². The van der Waals surface area contributed by atoms with E-state index in [4.69, 9.17) is 0 Å². The van der Waals surface area contributed by atoms with Gasteiger partial charge in [-0.15, -0.1) is 12.0 Å². The fraction of sp³-hybridized carbons (Fsp3) is 0.121. The molecular weight excluding hydrogens is 575 g/mol. The zero-order valence-electron chi connectivity index (χ0n) is 19.5. The summed E-state index contributed by atoms with van der Waals surface area (Å²) in [6, 6.07) is 39.2. The normalized spacial score (nSPS) is 11.8. The van der Waals surface area contributed by atoms with Crippen molar-refractivity contribution in [3.05, 3.63) is 162 Å². The molecule has 4 aromatic carbocycles. The summed E-state index contributed by atoms with van der Waals surface area (Å²) < 4.78 is 0. The molecule has 0 radical (unpaired) electrons. The quantitative estimate of drug-likeness (QED) is 0.144. The molecule has 0 unspecified atom stereocenters. The van der Waals surface area contributed by atoms with Crippen LogP contribution < -0.4 is 0 Å². The van der Waals surface area contributed by atoms with E-state index in [1.165, 1.54) is 33.4 Å². The van der Waals surface area contributed by atoms with E-state index in [9.17, 15) is 0 Å². The maximum Gasteiger partial charge on any atom is 0 e. The van der Waals surface area contributed by atoms with Crippen molar-refractivity contribution in [3.63, 3.8) is 0 Å². The maximum atomic E-state index is 3.30. The van der Waals surface area contributed by atoms with Gasteiger partial charge >= 0.3 is 0 Å². The molecule has 0 N–H and O–H groups in total. The van der Waals surface area contributed by atoms with Crippen molar-refractivity contribution in [3.8, 4) is 11.1 Å². The summed E-state index contributed by atoms with van der Waals surface area (Å²) in [5.74, 6) is 0. The Morgan fingerprint density at radius 2 is 1.29 bits per heavy atom. The fourth-order valence-electron chi connectivity index (χ4n) is 3.97. The minimum atomic E-state index is 0. The van der Waals surface area contributed by atoms with Crippen molar-refractivity contribution in [2.45, 2.75) is 25.7 Å². The van der Waals surface area contributed by atoms with Gasteiger partial charge in [0.2, 0.25) is 0 Å². The molecule has 6 rings (SSSR count). The third kappa shape index (κ3) is 7.92. The predicted molar refractivity (Wildman–Crippen MR) is 140 cm³/mol. The van der Waals surface area contributed by atoms with Crippen molar-refractivity contribution < 1.29 is 25.8 Å². The monoisotopic (exact) mass is 605 g/mol. The van der Waals surface area contributed by atoms with E-state index in [0.29, 0.717) is 0 Å². The van der Waals surface area contributed by atoms with Crippen molar-refractivity contribution in [2.24, 2.45) is 0 Å². The van der Waals surface area contributed by atoms with E-state index in [2.05, 4.69) is 122 Å². The Morgan fingerprint density at radius 3 is 1.88 bits per heavy atom. The van der Waals surface area contributed by atoms with Crippen LogP contribution in [0.25, 0.3) is 11.1 Å². The molecule has 0 atom stereocenters. The van der Waals surface area contributed by atoms with E-state index in [1.807, 2.05) is 18.2 Å².